The van der Waals surface area contributed by atoms with E-state index in [-0.39, 0.29) is 17.7 Å². The highest BCUT2D eigenvalue weighted by Crippen LogP contribution is 2.20. The molecule has 0 saturated carbocycles. The van der Waals surface area contributed by atoms with Crippen molar-refractivity contribution < 1.29 is 14.4 Å². The van der Waals surface area contributed by atoms with Crippen LogP contribution in [0.15, 0.2) is 12.1 Å². The van der Waals surface area contributed by atoms with Crippen LogP contribution in [-0.4, -0.2) is 71.7 Å². The summed E-state index contributed by atoms with van der Waals surface area (Å²) in [5, 5.41) is 0. The molecule has 3 amide bonds. The first kappa shape index (κ1) is 17.0. The Morgan fingerprint density at radius 2 is 1.33 bits per heavy atom. The van der Waals surface area contributed by atoms with Crippen molar-refractivity contribution in [2.24, 2.45) is 0 Å². The second-order valence-corrected chi connectivity index (χ2v) is 7.41. The molecule has 0 aromatic carbocycles. The molecule has 0 atom stereocenters. The molecular weight excluding hydrogens is 326 g/mol. The van der Waals surface area contributed by atoms with Gasteiger partial charge < -0.3 is 14.7 Å². The van der Waals surface area contributed by atoms with Crippen molar-refractivity contribution in [1.29, 1.82) is 0 Å². The van der Waals surface area contributed by atoms with E-state index in [1.54, 1.807) is 17.0 Å². The fraction of sp³-hybridized carbons (Fsp3) is 0.588. The van der Waals surface area contributed by atoms with E-state index >= 15 is 0 Å². The van der Waals surface area contributed by atoms with Gasteiger partial charge in [-0.3, -0.25) is 9.59 Å². The number of likely N-dealkylation sites (tertiary alicyclic amines) is 1. The Labute approximate surface area is 146 Å². The fourth-order valence-corrected chi connectivity index (χ4v) is 4.05. The number of Topliss-reactive ketones (excluding diaryl/α,β-unsaturated/α-hetero) is 1. The average Bonchev–Trinajstić information content (AvgIpc) is 3.12. The van der Waals surface area contributed by atoms with Gasteiger partial charge in [0, 0.05) is 39.3 Å². The molecule has 2 saturated heterocycles. The van der Waals surface area contributed by atoms with Crippen LogP contribution in [0.2, 0.25) is 0 Å². The number of piperazine rings is 1. The lowest BCUT2D eigenvalue weighted by molar-refractivity contribution is 0.0637. The molecule has 0 radical (unpaired) electrons. The predicted octanol–water partition coefficient (Wildman–Crippen LogP) is 2.31. The molecule has 0 unspecified atom stereocenters. The number of hydrogen-bond acceptors (Lipinski definition) is 4. The molecule has 6 nitrogen and oxygen atoms in total. The summed E-state index contributed by atoms with van der Waals surface area (Å²) in [4.78, 5) is 43.1. The van der Waals surface area contributed by atoms with Crippen LogP contribution in [0.5, 0.6) is 0 Å². The van der Waals surface area contributed by atoms with Gasteiger partial charge in [0.1, 0.15) is 0 Å². The molecule has 1 aromatic rings. The lowest BCUT2D eigenvalue weighted by Gasteiger charge is -2.38. The maximum Gasteiger partial charge on any atom is 0.320 e. The summed E-state index contributed by atoms with van der Waals surface area (Å²) in [6.45, 7) is 5.45. The SMILES string of the molecule is CC(=O)c1ccc(C(=O)N2CCN(C(=O)N3CCCCC3)CC2)s1. The molecule has 3 heterocycles. The van der Waals surface area contributed by atoms with E-state index < -0.39 is 0 Å². The van der Waals surface area contributed by atoms with Crippen LogP contribution in [0.1, 0.15) is 45.5 Å². The fourth-order valence-electron chi connectivity index (χ4n) is 3.18. The van der Waals surface area contributed by atoms with Gasteiger partial charge in [0.2, 0.25) is 0 Å². The van der Waals surface area contributed by atoms with Gasteiger partial charge in [-0.2, -0.15) is 0 Å². The summed E-state index contributed by atoms with van der Waals surface area (Å²) in [6.07, 6.45) is 3.37. The molecule has 130 valence electrons. The van der Waals surface area contributed by atoms with Gasteiger partial charge in [-0.05, 0) is 38.3 Å². The first-order valence-corrected chi connectivity index (χ1v) is 9.32. The zero-order chi connectivity index (χ0) is 17.1. The minimum Gasteiger partial charge on any atom is -0.334 e. The van der Waals surface area contributed by atoms with Crippen molar-refractivity contribution in [2.45, 2.75) is 26.2 Å². The Morgan fingerprint density at radius 3 is 1.92 bits per heavy atom. The zero-order valence-electron chi connectivity index (χ0n) is 14.0. The van der Waals surface area contributed by atoms with Crippen LogP contribution in [-0.2, 0) is 0 Å². The van der Waals surface area contributed by atoms with E-state index in [0.29, 0.717) is 35.9 Å². The van der Waals surface area contributed by atoms with Gasteiger partial charge in [-0.15, -0.1) is 11.3 Å². The van der Waals surface area contributed by atoms with Crippen LogP contribution in [0.3, 0.4) is 0 Å². The normalized spacial score (nSPS) is 18.6. The van der Waals surface area contributed by atoms with Crippen molar-refractivity contribution in [2.75, 3.05) is 39.3 Å². The highest BCUT2D eigenvalue weighted by molar-refractivity contribution is 7.15. The number of carbonyl (C=O) groups excluding carboxylic acids is 3. The molecule has 1 aromatic heterocycles. The summed E-state index contributed by atoms with van der Waals surface area (Å²) >= 11 is 1.24. The smallest absolute Gasteiger partial charge is 0.320 e. The predicted molar refractivity (Wildman–Crippen MR) is 92.6 cm³/mol. The maximum atomic E-state index is 12.5. The van der Waals surface area contributed by atoms with Crippen LogP contribution < -0.4 is 0 Å². The first-order valence-electron chi connectivity index (χ1n) is 8.50. The Bertz CT molecular complexity index is 629. The van der Waals surface area contributed by atoms with E-state index in [2.05, 4.69) is 0 Å². The molecule has 2 aliphatic rings. The topological polar surface area (TPSA) is 60.9 Å². The van der Waals surface area contributed by atoms with Gasteiger partial charge >= 0.3 is 6.03 Å². The van der Waals surface area contributed by atoms with Gasteiger partial charge in [0.15, 0.2) is 5.78 Å². The Balaban J connectivity index is 1.55. The molecule has 2 fully saturated rings. The van der Waals surface area contributed by atoms with E-state index in [0.717, 1.165) is 25.9 Å². The van der Waals surface area contributed by atoms with Crippen LogP contribution in [0.25, 0.3) is 0 Å². The number of nitrogens with zero attached hydrogens (tertiary/aromatic N) is 3. The number of hydrogen-bond donors (Lipinski definition) is 0. The molecule has 7 heteroatoms. The second kappa shape index (κ2) is 7.34. The number of thiophene rings is 1. The van der Waals surface area contributed by atoms with Crippen molar-refractivity contribution in [3.05, 3.63) is 21.9 Å². The van der Waals surface area contributed by atoms with Gasteiger partial charge in [0.25, 0.3) is 5.91 Å². The standard InChI is InChI=1S/C17H23N3O3S/c1-13(21)14-5-6-15(24-14)16(22)18-9-11-20(12-10-18)17(23)19-7-3-2-4-8-19/h5-6H,2-4,7-12H2,1H3. The highest BCUT2D eigenvalue weighted by Gasteiger charge is 2.28. The lowest BCUT2D eigenvalue weighted by Crippen LogP contribution is -2.54. The average molecular weight is 349 g/mol. The molecule has 3 rings (SSSR count). The third kappa shape index (κ3) is 3.61. The summed E-state index contributed by atoms with van der Waals surface area (Å²) in [7, 11) is 0. The van der Waals surface area contributed by atoms with Crippen LogP contribution >= 0.6 is 11.3 Å². The number of rotatable bonds is 2. The molecule has 0 aliphatic carbocycles. The zero-order valence-corrected chi connectivity index (χ0v) is 14.8. The molecule has 24 heavy (non-hydrogen) atoms. The monoisotopic (exact) mass is 349 g/mol. The van der Waals surface area contributed by atoms with E-state index in [9.17, 15) is 14.4 Å². The lowest BCUT2D eigenvalue weighted by atomic mass is 10.1. The minimum absolute atomic E-state index is 0.0176. The number of ketones is 1. The minimum atomic E-state index is -0.0439. The third-order valence-electron chi connectivity index (χ3n) is 4.63. The number of piperidine rings is 1. The van der Waals surface area contributed by atoms with Crippen molar-refractivity contribution in [3.63, 3.8) is 0 Å². The Hall–Kier alpha value is -1.89. The van der Waals surface area contributed by atoms with Crippen molar-refractivity contribution in [1.82, 2.24) is 14.7 Å². The van der Waals surface area contributed by atoms with Gasteiger partial charge in [0.05, 0.1) is 9.75 Å². The summed E-state index contributed by atoms with van der Waals surface area (Å²) in [5.74, 6) is -0.0615. The van der Waals surface area contributed by atoms with Crippen LogP contribution in [0.4, 0.5) is 4.79 Å². The van der Waals surface area contributed by atoms with Gasteiger partial charge in [-0.1, -0.05) is 0 Å². The maximum absolute atomic E-state index is 12.5. The van der Waals surface area contributed by atoms with E-state index in [4.69, 9.17) is 0 Å². The summed E-state index contributed by atoms with van der Waals surface area (Å²) in [6, 6.07) is 3.53. The highest BCUT2D eigenvalue weighted by atomic mass is 32.1. The van der Waals surface area contributed by atoms with E-state index in [1.165, 1.54) is 24.7 Å². The molecule has 0 spiro atoms. The second-order valence-electron chi connectivity index (χ2n) is 6.33. The van der Waals surface area contributed by atoms with Crippen molar-refractivity contribution >= 4 is 29.1 Å². The molecular formula is C17H23N3O3S. The Kier molecular flexibility index (Phi) is 5.18. The number of urea groups is 1. The van der Waals surface area contributed by atoms with E-state index in [1.807, 2.05) is 9.80 Å². The molecule has 2 aliphatic heterocycles. The number of carbonyl (C=O) groups is 3. The third-order valence-corrected chi connectivity index (χ3v) is 5.80. The number of amides is 3. The van der Waals surface area contributed by atoms with Crippen LogP contribution in [0, 0.1) is 0 Å². The largest absolute Gasteiger partial charge is 0.334 e. The van der Waals surface area contributed by atoms with Gasteiger partial charge in [-0.25, -0.2) is 4.79 Å². The first-order chi connectivity index (χ1) is 11.6. The molecule has 0 N–H and O–H groups in total. The summed E-state index contributed by atoms with van der Waals surface area (Å²) < 4.78 is 0. The van der Waals surface area contributed by atoms with Crippen molar-refractivity contribution in [3.8, 4) is 0 Å². The molecule has 0 bridgehead atoms. The Morgan fingerprint density at radius 1 is 0.792 bits per heavy atom. The summed E-state index contributed by atoms with van der Waals surface area (Å²) in [5.41, 5.74) is 0. The quantitative estimate of drug-likeness (QED) is 0.770.